The van der Waals surface area contributed by atoms with E-state index in [1.807, 2.05) is 0 Å². The van der Waals surface area contributed by atoms with E-state index in [1.165, 1.54) is 0 Å². The van der Waals surface area contributed by atoms with E-state index >= 15 is 0 Å². The van der Waals surface area contributed by atoms with Crippen LogP contribution in [-0.4, -0.2) is 60.3 Å². The van der Waals surface area contributed by atoms with E-state index in [1.54, 1.807) is 32.9 Å². The van der Waals surface area contributed by atoms with Crippen LogP contribution in [0.5, 0.6) is 5.75 Å². The summed E-state index contributed by atoms with van der Waals surface area (Å²) in [5, 5.41) is 12.4. The highest BCUT2D eigenvalue weighted by molar-refractivity contribution is 6.32. The predicted octanol–water partition coefficient (Wildman–Crippen LogP) is 3.52. The molecular weight excluding hydrogens is 413 g/mol. The van der Waals surface area contributed by atoms with Crippen LogP contribution < -0.4 is 10.1 Å². The fraction of sp³-hybridized carbons (Fsp3) is 0.632. The standard InChI is InChI=1S/C19H26ClF3N2O4/c1-18(2,3)29-17(27)24-8-11-28-15-13-7-10-25(16(26)19(21,22)23)9-6-12(13)4-5-14(15)20/h4-5,16,26H,6-11H2,1-3H3,(H,24,27). The number of fused-ring (bicyclic) bond motifs is 1. The number of halogens is 4. The third kappa shape index (κ3) is 6.94. The van der Waals surface area contributed by atoms with E-state index in [0.717, 1.165) is 10.5 Å². The normalized spacial score (nSPS) is 16.6. The maximum atomic E-state index is 12.8. The van der Waals surface area contributed by atoms with Gasteiger partial charge in [0.25, 0.3) is 0 Å². The number of aliphatic hydroxyl groups excluding tert-OH is 1. The van der Waals surface area contributed by atoms with Gasteiger partial charge in [0, 0.05) is 18.7 Å². The third-order valence-corrected chi connectivity index (χ3v) is 4.58. The minimum absolute atomic E-state index is 0.0144. The first-order chi connectivity index (χ1) is 13.4. The third-order valence-electron chi connectivity index (χ3n) is 4.28. The number of rotatable bonds is 5. The van der Waals surface area contributed by atoms with Crippen LogP contribution in [0.3, 0.4) is 0 Å². The average molecular weight is 439 g/mol. The first-order valence-electron chi connectivity index (χ1n) is 9.27. The number of carbonyl (C=O) groups is 1. The Bertz CT molecular complexity index is 723. The molecule has 1 aliphatic heterocycles. The maximum Gasteiger partial charge on any atom is 0.428 e. The Morgan fingerprint density at radius 3 is 2.55 bits per heavy atom. The van der Waals surface area contributed by atoms with E-state index in [2.05, 4.69) is 5.32 Å². The first kappa shape index (κ1) is 23.6. The summed E-state index contributed by atoms with van der Waals surface area (Å²) in [7, 11) is 0. The number of amides is 1. The Morgan fingerprint density at radius 1 is 1.28 bits per heavy atom. The van der Waals surface area contributed by atoms with Crippen LogP contribution in [-0.2, 0) is 17.6 Å². The lowest BCUT2D eigenvalue weighted by Crippen LogP contribution is -2.46. The van der Waals surface area contributed by atoms with Crippen molar-refractivity contribution < 1.29 is 32.5 Å². The number of carbonyl (C=O) groups excluding carboxylic acids is 1. The molecule has 1 atom stereocenters. The lowest BCUT2D eigenvalue weighted by atomic mass is 10.0. The Hall–Kier alpha value is -1.71. The zero-order valence-electron chi connectivity index (χ0n) is 16.6. The Labute approximate surface area is 172 Å². The van der Waals surface area contributed by atoms with Crippen molar-refractivity contribution in [2.24, 2.45) is 0 Å². The van der Waals surface area contributed by atoms with Crippen molar-refractivity contribution in [1.29, 1.82) is 0 Å². The smallest absolute Gasteiger partial charge is 0.428 e. The van der Waals surface area contributed by atoms with Crippen LogP contribution in [0.15, 0.2) is 12.1 Å². The van der Waals surface area contributed by atoms with Crippen molar-refractivity contribution in [3.05, 3.63) is 28.3 Å². The van der Waals surface area contributed by atoms with Gasteiger partial charge in [0.15, 0.2) is 0 Å². The molecule has 0 bridgehead atoms. The molecule has 1 unspecified atom stereocenters. The summed E-state index contributed by atoms with van der Waals surface area (Å²) in [5.74, 6) is 0.388. The predicted molar refractivity (Wildman–Crippen MR) is 102 cm³/mol. The Balaban J connectivity index is 1.99. The summed E-state index contributed by atoms with van der Waals surface area (Å²) in [5.41, 5.74) is 0.922. The summed E-state index contributed by atoms with van der Waals surface area (Å²) in [6.45, 7) is 5.62. The lowest BCUT2D eigenvalue weighted by molar-refractivity contribution is -0.249. The van der Waals surface area contributed by atoms with Crippen LogP contribution in [0.25, 0.3) is 0 Å². The first-order valence-corrected chi connectivity index (χ1v) is 9.65. The van der Waals surface area contributed by atoms with E-state index < -0.39 is 24.1 Å². The quantitative estimate of drug-likeness (QED) is 0.688. The van der Waals surface area contributed by atoms with Crippen LogP contribution in [0.4, 0.5) is 18.0 Å². The van der Waals surface area contributed by atoms with Gasteiger partial charge in [-0.2, -0.15) is 13.2 Å². The largest absolute Gasteiger partial charge is 0.490 e. The summed E-state index contributed by atoms with van der Waals surface area (Å²) in [6, 6.07) is 3.39. The second-order valence-electron chi connectivity index (χ2n) is 7.74. The monoisotopic (exact) mass is 438 g/mol. The van der Waals surface area contributed by atoms with Crippen molar-refractivity contribution in [3.8, 4) is 5.75 Å². The number of alkyl halides is 3. The summed E-state index contributed by atoms with van der Waals surface area (Å²) >= 11 is 6.23. The van der Waals surface area contributed by atoms with Gasteiger partial charge in [-0.1, -0.05) is 17.7 Å². The van der Waals surface area contributed by atoms with Gasteiger partial charge in [0.05, 0.1) is 11.6 Å². The molecule has 1 heterocycles. The van der Waals surface area contributed by atoms with Crippen molar-refractivity contribution in [2.45, 2.75) is 51.6 Å². The minimum atomic E-state index is -4.71. The molecule has 0 aliphatic carbocycles. The van der Waals surface area contributed by atoms with Crippen LogP contribution in [0.2, 0.25) is 5.02 Å². The number of hydrogen-bond acceptors (Lipinski definition) is 5. The van der Waals surface area contributed by atoms with Gasteiger partial charge in [0.2, 0.25) is 6.23 Å². The molecule has 2 N–H and O–H groups in total. The number of nitrogens with zero attached hydrogens (tertiary/aromatic N) is 1. The molecule has 1 aromatic rings. The second-order valence-corrected chi connectivity index (χ2v) is 8.15. The fourth-order valence-electron chi connectivity index (χ4n) is 3.01. The molecule has 6 nitrogen and oxygen atoms in total. The molecule has 1 amide bonds. The van der Waals surface area contributed by atoms with Crippen molar-refractivity contribution in [1.82, 2.24) is 10.2 Å². The molecule has 1 aromatic carbocycles. The van der Waals surface area contributed by atoms with Gasteiger partial charge in [-0.05, 0) is 45.2 Å². The molecule has 10 heteroatoms. The number of nitrogens with one attached hydrogen (secondary N) is 1. The summed E-state index contributed by atoms with van der Waals surface area (Å²) in [6.07, 6.45) is -7.21. The average Bonchev–Trinajstić information content (AvgIpc) is 2.79. The van der Waals surface area contributed by atoms with Gasteiger partial charge in [-0.3, -0.25) is 4.90 Å². The molecule has 1 aliphatic rings. The Kier molecular flexibility index (Phi) is 7.64. The highest BCUT2D eigenvalue weighted by Crippen LogP contribution is 2.34. The van der Waals surface area contributed by atoms with E-state index in [4.69, 9.17) is 21.1 Å². The molecule has 0 saturated carbocycles. The number of alkyl carbamates (subject to hydrolysis) is 1. The van der Waals surface area contributed by atoms with E-state index in [9.17, 15) is 23.1 Å². The number of hydrogen-bond donors (Lipinski definition) is 2. The SMILES string of the molecule is CC(C)(C)OC(=O)NCCOc1c(Cl)ccc2c1CCN(C(O)C(F)(F)F)CC2. The molecule has 29 heavy (non-hydrogen) atoms. The topological polar surface area (TPSA) is 71.0 Å². The van der Waals surface area contributed by atoms with Crippen molar-refractivity contribution in [2.75, 3.05) is 26.2 Å². The van der Waals surface area contributed by atoms with Gasteiger partial charge in [-0.15, -0.1) is 0 Å². The zero-order chi connectivity index (χ0) is 21.8. The molecule has 164 valence electrons. The lowest BCUT2D eigenvalue weighted by Gasteiger charge is -2.27. The molecule has 0 radical (unpaired) electrons. The second kappa shape index (κ2) is 9.40. The van der Waals surface area contributed by atoms with Crippen LogP contribution in [0.1, 0.15) is 31.9 Å². The van der Waals surface area contributed by atoms with E-state index in [-0.39, 0.29) is 32.7 Å². The number of aliphatic hydroxyl groups is 1. The van der Waals surface area contributed by atoms with Crippen molar-refractivity contribution >= 4 is 17.7 Å². The highest BCUT2D eigenvalue weighted by atomic mass is 35.5. The number of benzene rings is 1. The van der Waals surface area contributed by atoms with Crippen LogP contribution in [0, 0.1) is 0 Å². The zero-order valence-corrected chi connectivity index (χ0v) is 17.4. The van der Waals surface area contributed by atoms with Gasteiger partial charge in [-0.25, -0.2) is 4.79 Å². The molecular formula is C19H26ClF3N2O4. The Morgan fingerprint density at radius 2 is 1.93 bits per heavy atom. The van der Waals surface area contributed by atoms with Gasteiger partial charge in [0.1, 0.15) is 18.0 Å². The summed E-state index contributed by atoms with van der Waals surface area (Å²) in [4.78, 5) is 12.6. The van der Waals surface area contributed by atoms with E-state index in [0.29, 0.717) is 22.8 Å². The van der Waals surface area contributed by atoms with Crippen LogP contribution >= 0.6 is 11.6 Å². The summed E-state index contributed by atoms with van der Waals surface area (Å²) < 4.78 is 49.3. The minimum Gasteiger partial charge on any atom is -0.490 e. The maximum absolute atomic E-state index is 12.8. The van der Waals surface area contributed by atoms with Gasteiger partial charge < -0.3 is 19.9 Å². The molecule has 0 aromatic heterocycles. The fourth-order valence-corrected chi connectivity index (χ4v) is 3.24. The van der Waals surface area contributed by atoms with Crippen molar-refractivity contribution in [3.63, 3.8) is 0 Å². The molecule has 2 rings (SSSR count). The molecule has 0 fully saturated rings. The molecule has 0 saturated heterocycles. The van der Waals surface area contributed by atoms with Gasteiger partial charge >= 0.3 is 12.3 Å². The highest BCUT2D eigenvalue weighted by Gasteiger charge is 2.42. The number of ether oxygens (including phenoxy) is 2. The molecule has 0 spiro atoms.